The van der Waals surface area contributed by atoms with Gasteiger partial charge in [-0.2, -0.15) is 5.26 Å². The van der Waals surface area contributed by atoms with Gasteiger partial charge in [0.25, 0.3) is 0 Å². The fourth-order valence-electron chi connectivity index (χ4n) is 2.27. The largest absolute Gasteiger partial charge is 0.303 e. The van der Waals surface area contributed by atoms with E-state index in [0.29, 0.717) is 12.0 Å². The first-order valence-electron chi connectivity index (χ1n) is 7.34. The van der Waals surface area contributed by atoms with E-state index in [-0.39, 0.29) is 0 Å². The second-order valence-corrected chi connectivity index (χ2v) is 7.07. The van der Waals surface area contributed by atoms with Gasteiger partial charge in [-0.05, 0) is 46.1 Å². The summed E-state index contributed by atoms with van der Waals surface area (Å²) < 4.78 is 2.37. The van der Waals surface area contributed by atoms with E-state index >= 15 is 0 Å². The third-order valence-corrected chi connectivity index (χ3v) is 5.12. The molecule has 0 spiro atoms. The molecule has 1 atom stereocenters. The van der Waals surface area contributed by atoms with Crippen LogP contribution < -0.4 is 5.32 Å². The normalized spacial score (nSPS) is 21.4. The molecule has 6 heteroatoms. The predicted octanol–water partition coefficient (Wildman–Crippen LogP) is 2.47. The van der Waals surface area contributed by atoms with E-state index in [0.717, 1.165) is 17.3 Å². The second kappa shape index (κ2) is 5.38. The molecule has 1 heterocycles. The van der Waals surface area contributed by atoms with E-state index in [9.17, 15) is 0 Å². The number of thioether (sulfide) groups is 1. The second-order valence-electron chi connectivity index (χ2n) is 6.01. The van der Waals surface area contributed by atoms with Crippen molar-refractivity contribution in [2.24, 2.45) is 0 Å². The highest BCUT2D eigenvalue weighted by Crippen LogP contribution is 2.46. The molecular formula is C14H21N5S. The van der Waals surface area contributed by atoms with Crippen LogP contribution in [-0.2, 0) is 0 Å². The lowest BCUT2D eigenvalue weighted by Crippen LogP contribution is -2.38. The van der Waals surface area contributed by atoms with Gasteiger partial charge in [-0.15, -0.1) is 10.2 Å². The number of nitrogens with one attached hydrogen (secondary N) is 1. The standard InChI is InChI=1S/C14H21N5S/c1-14(9-15,16-2)7-8-20-13-18-17-12(10-3-4-10)19(13)11-5-6-11/h10-11,16H,3-8H2,1-2H3. The Hall–Kier alpha value is -1.06. The molecule has 3 rings (SSSR count). The minimum atomic E-state index is -0.448. The number of aromatic nitrogens is 3. The monoisotopic (exact) mass is 291 g/mol. The maximum absolute atomic E-state index is 9.17. The molecule has 1 aromatic rings. The molecule has 1 aromatic heterocycles. The van der Waals surface area contributed by atoms with Crippen LogP contribution in [0.4, 0.5) is 0 Å². The van der Waals surface area contributed by atoms with Gasteiger partial charge in [0.1, 0.15) is 11.4 Å². The lowest BCUT2D eigenvalue weighted by Gasteiger charge is -2.19. The predicted molar refractivity (Wildman–Crippen MR) is 78.7 cm³/mol. The molecule has 0 saturated heterocycles. The Kier molecular flexibility index (Phi) is 3.74. The van der Waals surface area contributed by atoms with E-state index in [1.54, 1.807) is 11.8 Å². The van der Waals surface area contributed by atoms with Crippen LogP contribution in [0.2, 0.25) is 0 Å². The van der Waals surface area contributed by atoms with Crippen molar-refractivity contribution in [3.8, 4) is 6.07 Å². The van der Waals surface area contributed by atoms with Crippen molar-refractivity contribution < 1.29 is 0 Å². The average Bonchev–Trinajstić information content (AvgIpc) is 3.38. The molecule has 2 saturated carbocycles. The molecule has 0 radical (unpaired) electrons. The summed E-state index contributed by atoms with van der Waals surface area (Å²) in [5.41, 5.74) is -0.448. The molecule has 20 heavy (non-hydrogen) atoms. The van der Waals surface area contributed by atoms with Crippen LogP contribution in [0.5, 0.6) is 0 Å². The number of hydrogen-bond acceptors (Lipinski definition) is 5. The first kappa shape index (κ1) is 13.9. The summed E-state index contributed by atoms with van der Waals surface area (Å²) in [6.45, 7) is 1.94. The summed E-state index contributed by atoms with van der Waals surface area (Å²) in [6, 6.07) is 2.96. The van der Waals surface area contributed by atoms with E-state index in [2.05, 4.69) is 26.2 Å². The Bertz CT molecular complexity index is 526. The van der Waals surface area contributed by atoms with Crippen LogP contribution in [0.15, 0.2) is 5.16 Å². The summed E-state index contributed by atoms with van der Waals surface area (Å²) in [6.07, 6.45) is 5.86. The maximum Gasteiger partial charge on any atom is 0.191 e. The highest BCUT2D eigenvalue weighted by Gasteiger charge is 2.36. The lowest BCUT2D eigenvalue weighted by molar-refractivity contribution is 0.479. The topological polar surface area (TPSA) is 66.5 Å². The first-order chi connectivity index (χ1) is 9.67. The Morgan fingerprint density at radius 1 is 1.40 bits per heavy atom. The van der Waals surface area contributed by atoms with Crippen LogP contribution in [0, 0.1) is 11.3 Å². The highest BCUT2D eigenvalue weighted by molar-refractivity contribution is 7.99. The van der Waals surface area contributed by atoms with Crippen LogP contribution in [-0.4, -0.2) is 33.1 Å². The molecule has 1 unspecified atom stereocenters. The van der Waals surface area contributed by atoms with Crippen molar-refractivity contribution in [1.82, 2.24) is 20.1 Å². The van der Waals surface area contributed by atoms with Gasteiger partial charge in [0.2, 0.25) is 0 Å². The number of rotatable bonds is 7. The van der Waals surface area contributed by atoms with Crippen LogP contribution in [0.3, 0.4) is 0 Å². The van der Waals surface area contributed by atoms with Crippen molar-refractivity contribution in [3.05, 3.63) is 5.82 Å². The van der Waals surface area contributed by atoms with E-state index in [1.165, 1.54) is 31.5 Å². The molecule has 2 aliphatic carbocycles. The summed E-state index contributed by atoms with van der Waals surface area (Å²) >= 11 is 1.74. The summed E-state index contributed by atoms with van der Waals surface area (Å²) in [7, 11) is 1.84. The number of nitrogens with zero attached hydrogens (tertiary/aromatic N) is 4. The molecular weight excluding hydrogens is 270 g/mol. The minimum absolute atomic E-state index is 0.448. The smallest absolute Gasteiger partial charge is 0.191 e. The number of nitriles is 1. The first-order valence-corrected chi connectivity index (χ1v) is 8.33. The number of hydrogen-bond donors (Lipinski definition) is 1. The van der Waals surface area contributed by atoms with E-state index in [1.807, 2.05) is 14.0 Å². The van der Waals surface area contributed by atoms with Crippen molar-refractivity contribution in [1.29, 1.82) is 5.26 Å². The zero-order valence-corrected chi connectivity index (χ0v) is 12.9. The molecule has 5 nitrogen and oxygen atoms in total. The minimum Gasteiger partial charge on any atom is -0.303 e. The molecule has 1 N–H and O–H groups in total. The van der Waals surface area contributed by atoms with Gasteiger partial charge in [-0.1, -0.05) is 11.8 Å². The van der Waals surface area contributed by atoms with Gasteiger partial charge in [-0.25, -0.2) is 0 Å². The van der Waals surface area contributed by atoms with Crippen molar-refractivity contribution in [2.75, 3.05) is 12.8 Å². The average molecular weight is 291 g/mol. The zero-order chi connectivity index (χ0) is 14.2. The van der Waals surface area contributed by atoms with Crippen LogP contribution in [0.1, 0.15) is 56.8 Å². The Morgan fingerprint density at radius 3 is 2.70 bits per heavy atom. The maximum atomic E-state index is 9.17. The van der Waals surface area contributed by atoms with Gasteiger partial charge in [0.15, 0.2) is 5.16 Å². The zero-order valence-electron chi connectivity index (χ0n) is 12.1. The quantitative estimate of drug-likeness (QED) is 0.782. The molecule has 0 bridgehead atoms. The SMILES string of the molecule is CNC(C)(C#N)CCSc1nnc(C2CC2)n1C1CC1. The summed E-state index contributed by atoms with van der Waals surface area (Å²) in [5, 5.41) is 22.1. The van der Waals surface area contributed by atoms with Crippen molar-refractivity contribution in [2.45, 2.75) is 61.7 Å². The molecule has 0 aromatic carbocycles. The summed E-state index contributed by atoms with van der Waals surface area (Å²) in [5.74, 6) is 2.74. The van der Waals surface area contributed by atoms with Gasteiger partial charge < -0.3 is 9.88 Å². The van der Waals surface area contributed by atoms with Crippen molar-refractivity contribution in [3.63, 3.8) is 0 Å². The van der Waals surface area contributed by atoms with E-state index in [4.69, 9.17) is 5.26 Å². The highest BCUT2D eigenvalue weighted by atomic mass is 32.2. The molecule has 0 aliphatic heterocycles. The van der Waals surface area contributed by atoms with Gasteiger partial charge in [0.05, 0.1) is 6.07 Å². The molecule has 108 valence electrons. The Balaban J connectivity index is 1.64. The summed E-state index contributed by atoms with van der Waals surface area (Å²) in [4.78, 5) is 0. The Morgan fingerprint density at radius 2 is 2.15 bits per heavy atom. The third-order valence-electron chi connectivity index (χ3n) is 4.18. The van der Waals surface area contributed by atoms with Crippen molar-refractivity contribution >= 4 is 11.8 Å². The third kappa shape index (κ3) is 2.84. The van der Waals surface area contributed by atoms with Gasteiger partial charge >= 0.3 is 0 Å². The Labute approximate surface area is 124 Å². The molecule has 0 amide bonds. The van der Waals surface area contributed by atoms with Gasteiger partial charge in [0, 0.05) is 17.7 Å². The van der Waals surface area contributed by atoms with Crippen LogP contribution >= 0.6 is 11.8 Å². The fraction of sp³-hybridized carbons (Fsp3) is 0.786. The van der Waals surface area contributed by atoms with Gasteiger partial charge in [-0.3, -0.25) is 0 Å². The fourth-order valence-corrected chi connectivity index (χ4v) is 3.44. The van der Waals surface area contributed by atoms with E-state index < -0.39 is 5.54 Å². The molecule has 2 aliphatic rings. The van der Waals surface area contributed by atoms with Crippen LogP contribution in [0.25, 0.3) is 0 Å². The molecule has 2 fully saturated rings. The lowest BCUT2D eigenvalue weighted by atomic mass is 10.0.